The first-order chi connectivity index (χ1) is 8.74. The SMILES string of the molecule is CCN1CCC(N(C)c2cncc(CN)n2)CC1. The molecule has 0 amide bonds. The number of nitrogens with zero attached hydrogens (tertiary/aromatic N) is 4. The third-order valence-corrected chi connectivity index (χ3v) is 3.79. The predicted octanol–water partition coefficient (Wildman–Crippen LogP) is 0.856. The van der Waals surface area contributed by atoms with Crippen LogP contribution in [0, 0.1) is 0 Å². The van der Waals surface area contributed by atoms with Gasteiger partial charge in [0.1, 0.15) is 5.82 Å². The summed E-state index contributed by atoms with van der Waals surface area (Å²) in [7, 11) is 2.11. The van der Waals surface area contributed by atoms with Gasteiger partial charge in [-0.2, -0.15) is 0 Å². The van der Waals surface area contributed by atoms with E-state index in [1.807, 2.05) is 6.20 Å². The molecule has 0 bridgehead atoms. The molecule has 1 aromatic rings. The Balaban J connectivity index is 2.00. The van der Waals surface area contributed by atoms with Crippen molar-refractivity contribution in [3.8, 4) is 0 Å². The summed E-state index contributed by atoms with van der Waals surface area (Å²) in [5.74, 6) is 0.938. The second-order valence-electron chi connectivity index (χ2n) is 4.85. The van der Waals surface area contributed by atoms with Crippen LogP contribution in [0.25, 0.3) is 0 Å². The van der Waals surface area contributed by atoms with Crippen molar-refractivity contribution in [2.45, 2.75) is 32.4 Å². The molecule has 100 valence electrons. The van der Waals surface area contributed by atoms with E-state index in [0.29, 0.717) is 12.6 Å². The number of anilines is 1. The van der Waals surface area contributed by atoms with E-state index < -0.39 is 0 Å². The number of hydrogen-bond donors (Lipinski definition) is 1. The van der Waals surface area contributed by atoms with Gasteiger partial charge in [0, 0.05) is 38.9 Å². The lowest BCUT2D eigenvalue weighted by Gasteiger charge is -2.36. The summed E-state index contributed by atoms with van der Waals surface area (Å²) in [6.07, 6.45) is 5.94. The predicted molar refractivity (Wildman–Crippen MR) is 73.5 cm³/mol. The average molecular weight is 249 g/mol. The number of likely N-dealkylation sites (tertiary alicyclic amines) is 1. The van der Waals surface area contributed by atoms with E-state index in [0.717, 1.165) is 18.1 Å². The quantitative estimate of drug-likeness (QED) is 0.857. The van der Waals surface area contributed by atoms with Crippen molar-refractivity contribution in [3.05, 3.63) is 18.1 Å². The van der Waals surface area contributed by atoms with E-state index in [2.05, 4.69) is 33.7 Å². The van der Waals surface area contributed by atoms with Crippen LogP contribution in [0.4, 0.5) is 5.82 Å². The zero-order chi connectivity index (χ0) is 13.0. The lowest BCUT2D eigenvalue weighted by Crippen LogP contribution is -2.43. The number of piperidine rings is 1. The fraction of sp³-hybridized carbons (Fsp3) is 0.692. The molecule has 0 aliphatic carbocycles. The van der Waals surface area contributed by atoms with Crippen LogP contribution in [-0.2, 0) is 6.54 Å². The van der Waals surface area contributed by atoms with Gasteiger partial charge in [0.05, 0.1) is 11.9 Å². The summed E-state index contributed by atoms with van der Waals surface area (Å²) >= 11 is 0. The van der Waals surface area contributed by atoms with Gasteiger partial charge in [-0.05, 0) is 19.4 Å². The Morgan fingerprint density at radius 2 is 2.11 bits per heavy atom. The molecule has 1 fully saturated rings. The smallest absolute Gasteiger partial charge is 0.147 e. The van der Waals surface area contributed by atoms with Crippen LogP contribution < -0.4 is 10.6 Å². The fourth-order valence-electron chi connectivity index (χ4n) is 2.47. The van der Waals surface area contributed by atoms with Gasteiger partial charge in [0.25, 0.3) is 0 Å². The molecule has 0 unspecified atom stereocenters. The number of aromatic nitrogens is 2. The largest absolute Gasteiger partial charge is 0.355 e. The van der Waals surface area contributed by atoms with Crippen molar-refractivity contribution in [2.24, 2.45) is 5.73 Å². The zero-order valence-corrected chi connectivity index (χ0v) is 11.3. The van der Waals surface area contributed by atoms with Gasteiger partial charge in [-0.1, -0.05) is 6.92 Å². The van der Waals surface area contributed by atoms with Gasteiger partial charge in [0.2, 0.25) is 0 Å². The maximum atomic E-state index is 5.61. The molecule has 5 nitrogen and oxygen atoms in total. The van der Waals surface area contributed by atoms with Crippen molar-refractivity contribution in [1.29, 1.82) is 0 Å². The Bertz CT molecular complexity index is 373. The highest BCUT2D eigenvalue weighted by atomic mass is 15.2. The van der Waals surface area contributed by atoms with Crippen LogP contribution in [0.1, 0.15) is 25.5 Å². The molecule has 5 heteroatoms. The van der Waals surface area contributed by atoms with E-state index in [4.69, 9.17) is 5.73 Å². The summed E-state index contributed by atoms with van der Waals surface area (Å²) < 4.78 is 0. The highest BCUT2D eigenvalue weighted by Crippen LogP contribution is 2.19. The summed E-state index contributed by atoms with van der Waals surface area (Å²) in [6, 6.07) is 0.565. The first kappa shape index (κ1) is 13.2. The van der Waals surface area contributed by atoms with Crippen molar-refractivity contribution < 1.29 is 0 Å². The van der Waals surface area contributed by atoms with Gasteiger partial charge >= 0.3 is 0 Å². The molecular formula is C13H23N5. The number of hydrogen-bond acceptors (Lipinski definition) is 5. The van der Waals surface area contributed by atoms with Crippen LogP contribution in [0.5, 0.6) is 0 Å². The molecule has 0 radical (unpaired) electrons. The summed E-state index contributed by atoms with van der Waals surface area (Å²) in [5.41, 5.74) is 6.46. The molecule has 1 aromatic heterocycles. The molecular weight excluding hydrogens is 226 g/mol. The molecule has 1 aliphatic heterocycles. The van der Waals surface area contributed by atoms with Gasteiger partial charge in [-0.15, -0.1) is 0 Å². The van der Waals surface area contributed by atoms with Crippen molar-refractivity contribution in [1.82, 2.24) is 14.9 Å². The van der Waals surface area contributed by atoms with E-state index in [1.165, 1.54) is 25.9 Å². The molecule has 0 spiro atoms. The highest BCUT2D eigenvalue weighted by molar-refractivity contribution is 5.36. The first-order valence-electron chi connectivity index (χ1n) is 6.70. The molecule has 0 aromatic carbocycles. The van der Waals surface area contributed by atoms with Crippen LogP contribution in [-0.4, -0.2) is 47.6 Å². The van der Waals surface area contributed by atoms with Gasteiger partial charge in [-0.25, -0.2) is 4.98 Å². The Morgan fingerprint density at radius 1 is 1.39 bits per heavy atom. The highest BCUT2D eigenvalue weighted by Gasteiger charge is 2.22. The second-order valence-corrected chi connectivity index (χ2v) is 4.85. The monoisotopic (exact) mass is 249 g/mol. The molecule has 1 saturated heterocycles. The zero-order valence-electron chi connectivity index (χ0n) is 11.3. The lowest BCUT2D eigenvalue weighted by molar-refractivity contribution is 0.220. The van der Waals surface area contributed by atoms with Gasteiger partial charge in [-0.3, -0.25) is 4.98 Å². The molecule has 1 aliphatic rings. The van der Waals surface area contributed by atoms with E-state index in [1.54, 1.807) is 6.20 Å². The lowest BCUT2D eigenvalue weighted by atomic mass is 10.0. The molecule has 0 saturated carbocycles. The van der Waals surface area contributed by atoms with Crippen molar-refractivity contribution in [2.75, 3.05) is 31.6 Å². The minimum absolute atomic E-state index is 0.447. The van der Waals surface area contributed by atoms with Gasteiger partial charge < -0.3 is 15.5 Å². The van der Waals surface area contributed by atoms with Crippen LogP contribution in [0.2, 0.25) is 0 Å². The van der Waals surface area contributed by atoms with Gasteiger partial charge in [0.15, 0.2) is 0 Å². The molecule has 0 atom stereocenters. The third kappa shape index (κ3) is 2.97. The van der Waals surface area contributed by atoms with E-state index in [-0.39, 0.29) is 0 Å². The van der Waals surface area contributed by atoms with Crippen LogP contribution >= 0.6 is 0 Å². The Hall–Kier alpha value is -1.20. The first-order valence-corrected chi connectivity index (χ1v) is 6.70. The molecule has 2 rings (SSSR count). The van der Waals surface area contributed by atoms with Crippen LogP contribution in [0.3, 0.4) is 0 Å². The Morgan fingerprint density at radius 3 is 2.72 bits per heavy atom. The minimum atomic E-state index is 0.447. The van der Waals surface area contributed by atoms with Crippen molar-refractivity contribution in [3.63, 3.8) is 0 Å². The van der Waals surface area contributed by atoms with Crippen LogP contribution in [0.15, 0.2) is 12.4 Å². The number of rotatable bonds is 4. The standard InChI is InChI=1S/C13H23N5/c1-3-18-6-4-12(5-7-18)17(2)13-10-15-9-11(8-14)16-13/h9-10,12H,3-8,14H2,1-2H3. The molecule has 2 heterocycles. The van der Waals surface area contributed by atoms with E-state index in [9.17, 15) is 0 Å². The minimum Gasteiger partial charge on any atom is -0.355 e. The van der Waals surface area contributed by atoms with E-state index >= 15 is 0 Å². The van der Waals surface area contributed by atoms with Crippen molar-refractivity contribution >= 4 is 5.82 Å². The Labute approximate surface area is 109 Å². The topological polar surface area (TPSA) is 58.3 Å². The summed E-state index contributed by atoms with van der Waals surface area (Å²) in [6.45, 7) is 6.17. The maximum absolute atomic E-state index is 5.61. The average Bonchev–Trinajstić information content (AvgIpc) is 2.46. The normalized spacial score (nSPS) is 17.9. The molecule has 18 heavy (non-hydrogen) atoms. The number of nitrogens with two attached hydrogens (primary N) is 1. The Kier molecular flexibility index (Phi) is 4.49. The summed E-state index contributed by atoms with van der Waals surface area (Å²) in [4.78, 5) is 13.5. The fourth-order valence-corrected chi connectivity index (χ4v) is 2.47. The second kappa shape index (κ2) is 6.11. The maximum Gasteiger partial charge on any atom is 0.147 e. The molecule has 2 N–H and O–H groups in total. The summed E-state index contributed by atoms with van der Waals surface area (Å²) in [5, 5.41) is 0. The third-order valence-electron chi connectivity index (χ3n) is 3.79.